The molecule has 0 N–H and O–H groups in total. The highest BCUT2D eigenvalue weighted by Crippen LogP contribution is 2.27. The lowest BCUT2D eigenvalue weighted by atomic mass is 9.86. The monoisotopic (exact) mass is 354 g/mol. The van der Waals surface area contributed by atoms with Gasteiger partial charge in [0.25, 0.3) is 0 Å². The summed E-state index contributed by atoms with van der Waals surface area (Å²) in [6.07, 6.45) is 11.8. The van der Waals surface area contributed by atoms with Crippen LogP contribution < -0.4 is 0 Å². The Kier molecular flexibility index (Phi) is 6.87. The van der Waals surface area contributed by atoms with E-state index in [-0.39, 0.29) is 11.8 Å². The number of amides is 2. The fourth-order valence-electron chi connectivity index (χ4n) is 3.97. The van der Waals surface area contributed by atoms with E-state index in [1.165, 1.54) is 32.1 Å². The largest absolute Gasteiger partial charge is 0.339 e. The molecule has 1 saturated heterocycles. The predicted octanol–water partition coefficient (Wildman–Crippen LogP) is 3.73. The predicted molar refractivity (Wildman–Crippen MR) is 104 cm³/mol. The number of carbonyl (C=O) groups is 2. The van der Waals surface area contributed by atoms with E-state index in [0.29, 0.717) is 32.6 Å². The van der Waals surface area contributed by atoms with Crippen molar-refractivity contribution >= 4 is 17.9 Å². The fraction of sp³-hybridized carbons (Fsp3) is 0.545. The summed E-state index contributed by atoms with van der Waals surface area (Å²) in [7, 11) is 0. The number of hydrogen-bond acceptors (Lipinski definition) is 2. The summed E-state index contributed by atoms with van der Waals surface area (Å²) in [6, 6.07) is 9.84. The molecule has 0 spiro atoms. The van der Waals surface area contributed by atoms with Crippen molar-refractivity contribution in [1.82, 2.24) is 9.80 Å². The summed E-state index contributed by atoms with van der Waals surface area (Å²) in [5.41, 5.74) is 1.03. The number of carbonyl (C=O) groups excluding carboxylic acids is 2. The lowest BCUT2D eigenvalue weighted by molar-refractivity contribution is -0.137. The Morgan fingerprint density at radius 3 is 2.27 bits per heavy atom. The maximum atomic E-state index is 12.4. The number of benzene rings is 1. The zero-order chi connectivity index (χ0) is 18.2. The van der Waals surface area contributed by atoms with Crippen molar-refractivity contribution in [2.45, 2.75) is 44.9 Å². The molecular weight excluding hydrogens is 324 g/mol. The van der Waals surface area contributed by atoms with Crippen molar-refractivity contribution in [3.05, 3.63) is 42.0 Å². The minimum Gasteiger partial charge on any atom is -0.339 e. The van der Waals surface area contributed by atoms with E-state index in [1.54, 1.807) is 6.08 Å². The van der Waals surface area contributed by atoms with Gasteiger partial charge in [-0.1, -0.05) is 62.4 Å². The van der Waals surface area contributed by atoms with Gasteiger partial charge in [-0.3, -0.25) is 9.59 Å². The van der Waals surface area contributed by atoms with Gasteiger partial charge < -0.3 is 9.80 Å². The Morgan fingerprint density at radius 2 is 1.58 bits per heavy atom. The van der Waals surface area contributed by atoms with Crippen LogP contribution in [0.15, 0.2) is 36.4 Å². The fourth-order valence-corrected chi connectivity index (χ4v) is 3.97. The molecule has 1 saturated carbocycles. The third kappa shape index (κ3) is 5.45. The molecule has 2 fully saturated rings. The maximum Gasteiger partial charge on any atom is 0.246 e. The van der Waals surface area contributed by atoms with Crippen LogP contribution in [-0.4, -0.2) is 47.8 Å². The number of nitrogens with zero attached hydrogens (tertiary/aromatic N) is 2. The van der Waals surface area contributed by atoms with E-state index in [0.717, 1.165) is 17.9 Å². The summed E-state index contributed by atoms with van der Waals surface area (Å²) in [5.74, 6) is 1.05. The molecule has 0 aromatic heterocycles. The highest BCUT2D eigenvalue weighted by molar-refractivity contribution is 5.92. The van der Waals surface area contributed by atoms with Gasteiger partial charge in [-0.15, -0.1) is 0 Å². The first-order chi connectivity index (χ1) is 12.7. The van der Waals surface area contributed by atoms with Crippen molar-refractivity contribution in [2.75, 3.05) is 26.2 Å². The molecule has 0 unspecified atom stereocenters. The van der Waals surface area contributed by atoms with Gasteiger partial charge in [0.1, 0.15) is 0 Å². The number of hydrogen-bond donors (Lipinski definition) is 0. The second kappa shape index (κ2) is 9.56. The van der Waals surface area contributed by atoms with Crippen LogP contribution in [0.3, 0.4) is 0 Å². The molecule has 4 heteroatoms. The van der Waals surface area contributed by atoms with Crippen molar-refractivity contribution in [2.24, 2.45) is 5.92 Å². The average molecular weight is 354 g/mol. The van der Waals surface area contributed by atoms with Crippen LogP contribution >= 0.6 is 0 Å². The van der Waals surface area contributed by atoms with Crippen molar-refractivity contribution in [3.63, 3.8) is 0 Å². The summed E-state index contributed by atoms with van der Waals surface area (Å²) < 4.78 is 0. The van der Waals surface area contributed by atoms with Gasteiger partial charge in [0, 0.05) is 38.7 Å². The molecule has 1 aliphatic heterocycles. The third-order valence-electron chi connectivity index (χ3n) is 5.65. The first kappa shape index (κ1) is 18.7. The normalized spacial score (nSPS) is 19.1. The highest BCUT2D eigenvalue weighted by atomic mass is 16.2. The molecule has 2 aliphatic rings. The van der Waals surface area contributed by atoms with Crippen LogP contribution in [-0.2, 0) is 9.59 Å². The highest BCUT2D eigenvalue weighted by Gasteiger charge is 2.24. The standard InChI is InChI=1S/C22H30N2O2/c25-21(13-11-19-7-3-1-4-8-19)23-15-17-24(18-16-23)22(26)14-12-20-9-5-2-6-10-20/h1,3-4,7-8,11,13,20H,2,5-6,9-10,12,14-18H2/b13-11+. The van der Waals surface area contributed by atoms with Crippen molar-refractivity contribution < 1.29 is 9.59 Å². The molecule has 1 aromatic carbocycles. The topological polar surface area (TPSA) is 40.6 Å². The molecule has 1 aliphatic carbocycles. The quantitative estimate of drug-likeness (QED) is 0.756. The lowest BCUT2D eigenvalue weighted by Crippen LogP contribution is -2.50. The molecule has 2 amide bonds. The van der Waals surface area contributed by atoms with Gasteiger partial charge in [-0.25, -0.2) is 0 Å². The first-order valence-corrected chi connectivity index (χ1v) is 10.0. The molecule has 4 nitrogen and oxygen atoms in total. The van der Waals surface area contributed by atoms with Gasteiger partial charge in [-0.05, 0) is 24.0 Å². The molecule has 26 heavy (non-hydrogen) atoms. The Morgan fingerprint density at radius 1 is 0.923 bits per heavy atom. The van der Waals surface area contributed by atoms with Crippen LogP contribution in [0, 0.1) is 5.92 Å². The van der Waals surface area contributed by atoms with Crippen LogP contribution in [0.2, 0.25) is 0 Å². The summed E-state index contributed by atoms with van der Waals surface area (Å²) in [4.78, 5) is 28.5. The van der Waals surface area contributed by atoms with Crippen LogP contribution in [0.5, 0.6) is 0 Å². The summed E-state index contributed by atoms with van der Waals surface area (Å²) >= 11 is 0. The lowest BCUT2D eigenvalue weighted by Gasteiger charge is -2.34. The zero-order valence-electron chi connectivity index (χ0n) is 15.6. The third-order valence-corrected chi connectivity index (χ3v) is 5.65. The van der Waals surface area contributed by atoms with Crippen LogP contribution in [0.25, 0.3) is 6.08 Å². The van der Waals surface area contributed by atoms with Crippen molar-refractivity contribution in [3.8, 4) is 0 Å². The van der Waals surface area contributed by atoms with Gasteiger partial charge in [-0.2, -0.15) is 0 Å². The molecule has 1 aromatic rings. The maximum absolute atomic E-state index is 12.4. The van der Waals surface area contributed by atoms with E-state index in [1.807, 2.05) is 46.2 Å². The van der Waals surface area contributed by atoms with Gasteiger partial charge in [0.2, 0.25) is 11.8 Å². The van der Waals surface area contributed by atoms with Gasteiger partial charge in [0.05, 0.1) is 0 Å². The first-order valence-electron chi connectivity index (χ1n) is 10.0. The SMILES string of the molecule is O=C(/C=C/c1ccccc1)N1CCN(C(=O)CCC2CCCCC2)CC1. The Bertz CT molecular complexity index is 612. The molecule has 3 rings (SSSR count). The Hall–Kier alpha value is -2.10. The summed E-state index contributed by atoms with van der Waals surface area (Å²) in [6.45, 7) is 2.59. The van der Waals surface area contributed by atoms with Gasteiger partial charge in [0.15, 0.2) is 0 Å². The second-order valence-corrected chi connectivity index (χ2v) is 7.49. The summed E-state index contributed by atoms with van der Waals surface area (Å²) in [5, 5.41) is 0. The number of piperazine rings is 1. The molecule has 0 radical (unpaired) electrons. The van der Waals surface area contributed by atoms with Gasteiger partial charge >= 0.3 is 0 Å². The molecule has 140 valence electrons. The van der Waals surface area contributed by atoms with E-state index < -0.39 is 0 Å². The molecule has 1 heterocycles. The smallest absolute Gasteiger partial charge is 0.246 e. The molecule has 0 atom stereocenters. The second-order valence-electron chi connectivity index (χ2n) is 7.49. The molecule has 0 bridgehead atoms. The Balaban J connectivity index is 1.39. The minimum atomic E-state index is 0.0307. The van der Waals surface area contributed by atoms with E-state index >= 15 is 0 Å². The van der Waals surface area contributed by atoms with Crippen molar-refractivity contribution in [1.29, 1.82) is 0 Å². The van der Waals surface area contributed by atoms with E-state index in [9.17, 15) is 9.59 Å². The van der Waals surface area contributed by atoms with E-state index in [2.05, 4.69) is 0 Å². The van der Waals surface area contributed by atoms with Crippen LogP contribution in [0.1, 0.15) is 50.5 Å². The van der Waals surface area contributed by atoms with E-state index in [4.69, 9.17) is 0 Å². The van der Waals surface area contributed by atoms with Crippen LogP contribution in [0.4, 0.5) is 0 Å². The molecular formula is C22H30N2O2. The number of rotatable bonds is 5. The minimum absolute atomic E-state index is 0.0307. The zero-order valence-corrected chi connectivity index (χ0v) is 15.6. The average Bonchev–Trinajstić information content (AvgIpc) is 2.72. The Labute approximate surface area is 156 Å².